The van der Waals surface area contributed by atoms with Crippen LogP contribution in [0.2, 0.25) is 0 Å². The topological polar surface area (TPSA) is 105 Å². The SMILES string of the molecule is COc1ccc(NS(=O)[O-])c([N+](=O)[O-])c1. The number of hydrogen-bond donors (Lipinski definition) is 1. The lowest BCUT2D eigenvalue weighted by molar-refractivity contribution is -0.384. The second kappa shape index (κ2) is 4.71. The van der Waals surface area contributed by atoms with E-state index in [1.807, 2.05) is 4.72 Å². The van der Waals surface area contributed by atoms with Crippen molar-refractivity contribution in [3.63, 3.8) is 0 Å². The predicted octanol–water partition coefficient (Wildman–Crippen LogP) is 0.809. The minimum atomic E-state index is -2.60. The van der Waals surface area contributed by atoms with Crippen LogP contribution in [0.3, 0.4) is 0 Å². The molecule has 8 heteroatoms. The summed E-state index contributed by atoms with van der Waals surface area (Å²) in [7, 11) is 1.36. The maximum atomic E-state index is 10.6. The second-order valence-electron chi connectivity index (χ2n) is 2.48. The van der Waals surface area contributed by atoms with E-state index in [1.165, 1.54) is 19.2 Å². The minimum absolute atomic E-state index is 0.103. The van der Waals surface area contributed by atoms with E-state index >= 15 is 0 Å². The van der Waals surface area contributed by atoms with Gasteiger partial charge in [-0.05, 0) is 12.1 Å². The Kier molecular flexibility index (Phi) is 3.58. The fourth-order valence-corrected chi connectivity index (χ4v) is 1.32. The Hall–Kier alpha value is -1.67. The van der Waals surface area contributed by atoms with Crippen LogP contribution in [-0.2, 0) is 11.3 Å². The molecule has 0 radical (unpaired) electrons. The number of rotatable bonds is 4. The molecule has 0 aromatic heterocycles. The van der Waals surface area contributed by atoms with Gasteiger partial charge in [0.2, 0.25) is 0 Å². The van der Waals surface area contributed by atoms with Crippen LogP contribution >= 0.6 is 0 Å². The maximum Gasteiger partial charge on any atom is 0.296 e. The lowest BCUT2D eigenvalue weighted by atomic mass is 10.2. The normalized spacial score (nSPS) is 11.9. The molecule has 1 aromatic carbocycles. The fourth-order valence-electron chi connectivity index (χ4n) is 0.966. The Balaban J connectivity index is 3.15. The van der Waals surface area contributed by atoms with E-state index in [-0.39, 0.29) is 17.1 Å². The molecule has 0 aliphatic carbocycles. The van der Waals surface area contributed by atoms with Crippen LogP contribution in [0.25, 0.3) is 0 Å². The number of benzene rings is 1. The first-order chi connectivity index (χ1) is 7.04. The summed E-state index contributed by atoms with van der Waals surface area (Å²) >= 11 is -2.60. The first-order valence-corrected chi connectivity index (χ1v) is 4.80. The highest BCUT2D eigenvalue weighted by molar-refractivity contribution is 7.80. The molecule has 0 bridgehead atoms. The lowest BCUT2D eigenvalue weighted by Crippen LogP contribution is -2.05. The molecule has 0 heterocycles. The largest absolute Gasteiger partial charge is 0.755 e. The molecule has 0 saturated heterocycles. The first-order valence-electron chi connectivity index (χ1n) is 3.73. The Labute approximate surface area is 87.6 Å². The Bertz CT molecular complexity index is 408. The van der Waals surface area contributed by atoms with E-state index in [4.69, 9.17) is 4.74 Å². The molecule has 0 saturated carbocycles. The van der Waals surface area contributed by atoms with Crippen molar-refractivity contribution >= 4 is 22.6 Å². The average molecular weight is 231 g/mol. The summed E-state index contributed by atoms with van der Waals surface area (Å²) in [5.74, 6) is 0.281. The summed E-state index contributed by atoms with van der Waals surface area (Å²) in [6.07, 6.45) is 0. The lowest BCUT2D eigenvalue weighted by Gasteiger charge is -2.09. The number of anilines is 1. The molecule has 0 spiro atoms. The van der Waals surface area contributed by atoms with Gasteiger partial charge in [0, 0.05) is 11.3 Å². The van der Waals surface area contributed by atoms with Crippen molar-refractivity contribution in [1.29, 1.82) is 0 Å². The zero-order chi connectivity index (χ0) is 11.4. The molecule has 15 heavy (non-hydrogen) atoms. The van der Waals surface area contributed by atoms with E-state index in [0.717, 1.165) is 6.07 Å². The van der Waals surface area contributed by atoms with Gasteiger partial charge in [0.15, 0.2) is 0 Å². The molecule has 1 aromatic rings. The quantitative estimate of drug-likeness (QED) is 0.469. The zero-order valence-corrected chi connectivity index (χ0v) is 8.45. The molecular weight excluding hydrogens is 224 g/mol. The van der Waals surface area contributed by atoms with Gasteiger partial charge >= 0.3 is 0 Å². The van der Waals surface area contributed by atoms with Gasteiger partial charge in [0.1, 0.15) is 11.4 Å². The van der Waals surface area contributed by atoms with E-state index in [9.17, 15) is 18.9 Å². The number of nitrogens with one attached hydrogen (secondary N) is 1. The average Bonchev–Trinajstić information content (AvgIpc) is 2.17. The van der Waals surface area contributed by atoms with Gasteiger partial charge in [0.25, 0.3) is 5.69 Å². The van der Waals surface area contributed by atoms with Crippen LogP contribution in [0.1, 0.15) is 0 Å². The molecule has 1 unspecified atom stereocenters. The summed E-state index contributed by atoms with van der Waals surface area (Å²) in [5.41, 5.74) is -0.465. The van der Waals surface area contributed by atoms with Gasteiger partial charge in [-0.25, -0.2) is 0 Å². The third-order valence-corrected chi connectivity index (χ3v) is 1.98. The first kappa shape index (κ1) is 11.4. The third-order valence-electron chi connectivity index (χ3n) is 1.59. The van der Waals surface area contributed by atoms with Crippen LogP contribution in [-0.4, -0.2) is 20.8 Å². The van der Waals surface area contributed by atoms with Crippen LogP contribution in [0.5, 0.6) is 5.75 Å². The maximum absolute atomic E-state index is 10.6. The third kappa shape index (κ3) is 2.89. The van der Waals surface area contributed by atoms with Crippen molar-refractivity contribution < 1.29 is 18.4 Å². The van der Waals surface area contributed by atoms with Crippen molar-refractivity contribution in [1.82, 2.24) is 0 Å². The van der Waals surface area contributed by atoms with E-state index in [2.05, 4.69) is 0 Å². The molecule has 0 aliphatic rings. The predicted molar refractivity (Wildman–Crippen MR) is 52.2 cm³/mol. The molecule has 0 amide bonds. The van der Waals surface area contributed by atoms with Gasteiger partial charge < -0.3 is 14.0 Å². The standard InChI is InChI=1S/C7H8N2O5S/c1-14-5-2-3-6(8-15(12)13)7(4-5)9(10)11/h2-4,8H,1H3,(H,12,13)/p-1. The number of nitrogens with zero attached hydrogens (tertiary/aromatic N) is 1. The van der Waals surface area contributed by atoms with Crippen molar-refractivity contribution in [2.45, 2.75) is 0 Å². The number of nitro benzene ring substituents is 1. The Morgan fingerprint density at radius 2 is 2.20 bits per heavy atom. The number of methoxy groups -OCH3 is 1. The van der Waals surface area contributed by atoms with Crippen molar-refractivity contribution in [2.75, 3.05) is 11.8 Å². The minimum Gasteiger partial charge on any atom is -0.755 e. The Morgan fingerprint density at radius 1 is 1.53 bits per heavy atom. The molecule has 82 valence electrons. The number of ether oxygens (including phenoxy) is 1. The molecule has 0 fully saturated rings. The Morgan fingerprint density at radius 3 is 2.67 bits per heavy atom. The highest BCUT2D eigenvalue weighted by atomic mass is 32.2. The fraction of sp³-hybridized carbons (Fsp3) is 0.143. The van der Waals surface area contributed by atoms with E-state index in [1.54, 1.807) is 0 Å². The van der Waals surface area contributed by atoms with Crippen LogP contribution in [0.4, 0.5) is 11.4 Å². The van der Waals surface area contributed by atoms with E-state index < -0.39 is 16.2 Å². The van der Waals surface area contributed by atoms with Gasteiger partial charge in [-0.15, -0.1) is 0 Å². The second-order valence-corrected chi connectivity index (χ2v) is 3.15. The van der Waals surface area contributed by atoms with Gasteiger partial charge in [-0.2, -0.15) is 0 Å². The van der Waals surface area contributed by atoms with Crippen LogP contribution < -0.4 is 9.46 Å². The number of nitro groups is 1. The summed E-state index contributed by atoms with van der Waals surface area (Å²) in [6.45, 7) is 0. The van der Waals surface area contributed by atoms with Gasteiger partial charge in [-0.3, -0.25) is 14.3 Å². The van der Waals surface area contributed by atoms with E-state index in [0.29, 0.717) is 0 Å². The van der Waals surface area contributed by atoms with Gasteiger partial charge in [0.05, 0.1) is 18.1 Å². The summed E-state index contributed by atoms with van der Waals surface area (Å²) in [4.78, 5) is 9.88. The summed E-state index contributed by atoms with van der Waals surface area (Å²) in [5, 5.41) is 10.6. The molecule has 1 atom stereocenters. The van der Waals surface area contributed by atoms with Crippen LogP contribution in [0, 0.1) is 10.1 Å². The van der Waals surface area contributed by atoms with Gasteiger partial charge in [-0.1, -0.05) is 0 Å². The summed E-state index contributed by atoms with van der Waals surface area (Å²) < 4.78 is 27.4. The smallest absolute Gasteiger partial charge is 0.296 e. The molecule has 7 nitrogen and oxygen atoms in total. The highest BCUT2D eigenvalue weighted by Crippen LogP contribution is 2.28. The molecule has 0 aliphatic heterocycles. The monoisotopic (exact) mass is 231 g/mol. The van der Waals surface area contributed by atoms with Crippen LogP contribution in [0.15, 0.2) is 18.2 Å². The molecule has 1 N–H and O–H groups in total. The van der Waals surface area contributed by atoms with Crippen molar-refractivity contribution in [3.05, 3.63) is 28.3 Å². The van der Waals surface area contributed by atoms with Crippen molar-refractivity contribution in [3.8, 4) is 5.75 Å². The molecular formula is C7H7N2O5S-. The molecule has 1 rings (SSSR count). The summed E-state index contributed by atoms with van der Waals surface area (Å²) in [6, 6.07) is 3.81. The highest BCUT2D eigenvalue weighted by Gasteiger charge is 2.14. The number of hydrogen-bond acceptors (Lipinski definition) is 5. The zero-order valence-electron chi connectivity index (χ0n) is 7.63. The van der Waals surface area contributed by atoms with Crippen molar-refractivity contribution in [2.24, 2.45) is 0 Å².